The SMILES string of the molecule is C=CCCC(NC(=O)C1(c2ccccc2F)CC1)C(=O)O. The molecule has 4 nitrogen and oxygen atoms in total. The molecular weight excluding hydrogens is 273 g/mol. The number of carboxylic acids is 1. The molecule has 5 heteroatoms. The van der Waals surface area contributed by atoms with E-state index in [1.54, 1.807) is 24.3 Å². The first-order valence-corrected chi connectivity index (χ1v) is 6.91. The second-order valence-corrected chi connectivity index (χ2v) is 5.29. The molecule has 1 amide bonds. The van der Waals surface area contributed by atoms with E-state index in [0.717, 1.165) is 0 Å². The van der Waals surface area contributed by atoms with Crippen molar-refractivity contribution in [1.29, 1.82) is 0 Å². The third-order valence-corrected chi connectivity index (χ3v) is 3.84. The Hall–Kier alpha value is -2.17. The van der Waals surface area contributed by atoms with E-state index in [4.69, 9.17) is 5.11 Å². The van der Waals surface area contributed by atoms with E-state index >= 15 is 0 Å². The zero-order valence-electron chi connectivity index (χ0n) is 11.6. The van der Waals surface area contributed by atoms with Crippen LogP contribution in [0.5, 0.6) is 0 Å². The van der Waals surface area contributed by atoms with Crippen LogP contribution in [0.25, 0.3) is 0 Å². The summed E-state index contributed by atoms with van der Waals surface area (Å²) in [6, 6.07) is 5.17. The Morgan fingerprint density at radius 2 is 2.10 bits per heavy atom. The Balaban J connectivity index is 2.14. The molecule has 0 saturated heterocycles. The summed E-state index contributed by atoms with van der Waals surface area (Å²) in [6.07, 6.45) is 3.44. The third kappa shape index (κ3) is 3.12. The second-order valence-electron chi connectivity index (χ2n) is 5.29. The smallest absolute Gasteiger partial charge is 0.326 e. The largest absolute Gasteiger partial charge is 0.480 e. The van der Waals surface area contributed by atoms with Gasteiger partial charge < -0.3 is 10.4 Å². The number of carboxylic acid groups (broad SMARTS) is 1. The highest BCUT2D eigenvalue weighted by molar-refractivity contribution is 5.94. The van der Waals surface area contributed by atoms with Gasteiger partial charge in [0, 0.05) is 5.56 Å². The molecule has 0 heterocycles. The number of amides is 1. The van der Waals surface area contributed by atoms with Crippen molar-refractivity contribution in [3.8, 4) is 0 Å². The summed E-state index contributed by atoms with van der Waals surface area (Å²) < 4.78 is 13.9. The average molecular weight is 291 g/mol. The van der Waals surface area contributed by atoms with Crippen molar-refractivity contribution in [3.63, 3.8) is 0 Å². The number of carbonyl (C=O) groups excluding carboxylic acids is 1. The molecule has 0 bridgehead atoms. The third-order valence-electron chi connectivity index (χ3n) is 3.84. The number of rotatable bonds is 7. The van der Waals surface area contributed by atoms with Crippen LogP contribution in [0.4, 0.5) is 4.39 Å². The molecule has 2 rings (SSSR count). The van der Waals surface area contributed by atoms with Gasteiger partial charge in [-0.2, -0.15) is 0 Å². The van der Waals surface area contributed by atoms with Crippen LogP contribution in [0.3, 0.4) is 0 Å². The van der Waals surface area contributed by atoms with E-state index < -0.39 is 29.2 Å². The molecule has 1 aliphatic rings. The van der Waals surface area contributed by atoms with Crippen molar-refractivity contribution in [1.82, 2.24) is 5.32 Å². The molecule has 1 atom stereocenters. The molecule has 1 aromatic carbocycles. The molecule has 0 aliphatic heterocycles. The summed E-state index contributed by atoms with van der Waals surface area (Å²) in [4.78, 5) is 23.6. The maximum absolute atomic E-state index is 13.9. The molecule has 2 N–H and O–H groups in total. The molecule has 112 valence electrons. The van der Waals surface area contributed by atoms with Crippen molar-refractivity contribution in [3.05, 3.63) is 48.3 Å². The van der Waals surface area contributed by atoms with Gasteiger partial charge in [-0.15, -0.1) is 6.58 Å². The van der Waals surface area contributed by atoms with E-state index in [1.807, 2.05) is 0 Å². The number of allylic oxidation sites excluding steroid dienone is 1. The van der Waals surface area contributed by atoms with E-state index in [0.29, 0.717) is 24.8 Å². The number of hydrogen-bond acceptors (Lipinski definition) is 2. The maximum Gasteiger partial charge on any atom is 0.326 e. The van der Waals surface area contributed by atoms with E-state index in [-0.39, 0.29) is 6.42 Å². The van der Waals surface area contributed by atoms with Gasteiger partial charge in [0.2, 0.25) is 5.91 Å². The topological polar surface area (TPSA) is 66.4 Å². The lowest BCUT2D eigenvalue weighted by atomic mass is 9.94. The first kappa shape index (κ1) is 15.2. The highest BCUT2D eigenvalue weighted by Gasteiger charge is 2.53. The lowest BCUT2D eigenvalue weighted by Crippen LogP contribution is -2.45. The molecule has 1 fully saturated rings. The van der Waals surface area contributed by atoms with Crippen LogP contribution in [0.1, 0.15) is 31.2 Å². The molecule has 1 unspecified atom stereocenters. The minimum atomic E-state index is -1.09. The lowest BCUT2D eigenvalue weighted by Gasteiger charge is -2.20. The minimum Gasteiger partial charge on any atom is -0.480 e. The molecular formula is C16H18FNO3. The summed E-state index contributed by atoms with van der Waals surface area (Å²) in [5.41, 5.74) is -0.567. The van der Waals surface area contributed by atoms with Gasteiger partial charge in [-0.3, -0.25) is 4.79 Å². The van der Waals surface area contributed by atoms with Crippen molar-refractivity contribution in [2.75, 3.05) is 0 Å². The van der Waals surface area contributed by atoms with Crippen LogP contribution in [-0.2, 0) is 15.0 Å². The fourth-order valence-corrected chi connectivity index (χ4v) is 2.43. The quantitative estimate of drug-likeness (QED) is 0.758. The Morgan fingerprint density at radius 3 is 2.62 bits per heavy atom. The van der Waals surface area contributed by atoms with Crippen LogP contribution in [0.15, 0.2) is 36.9 Å². The predicted molar refractivity (Wildman–Crippen MR) is 76.3 cm³/mol. The summed E-state index contributed by atoms with van der Waals surface area (Å²) in [5.74, 6) is -1.93. The molecule has 1 aromatic rings. The summed E-state index contributed by atoms with van der Waals surface area (Å²) in [5, 5.41) is 11.7. The van der Waals surface area contributed by atoms with Gasteiger partial charge in [0.25, 0.3) is 0 Å². The molecule has 1 saturated carbocycles. The van der Waals surface area contributed by atoms with Crippen LogP contribution in [-0.4, -0.2) is 23.0 Å². The molecule has 0 spiro atoms. The molecule has 1 aliphatic carbocycles. The first-order valence-electron chi connectivity index (χ1n) is 6.91. The van der Waals surface area contributed by atoms with E-state index in [2.05, 4.69) is 11.9 Å². The van der Waals surface area contributed by atoms with Gasteiger partial charge >= 0.3 is 5.97 Å². The fraction of sp³-hybridized carbons (Fsp3) is 0.375. The van der Waals surface area contributed by atoms with Gasteiger partial charge in [0.05, 0.1) is 5.41 Å². The van der Waals surface area contributed by atoms with Crippen molar-refractivity contribution < 1.29 is 19.1 Å². The fourth-order valence-electron chi connectivity index (χ4n) is 2.43. The zero-order valence-corrected chi connectivity index (χ0v) is 11.6. The Morgan fingerprint density at radius 1 is 1.43 bits per heavy atom. The summed E-state index contributed by atoms with van der Waals surface area (Å²) in [6.45, 7) is 3.54. The second kappa shape index (κ2) is 6.08. The van der Waals surface area contributed by atoms with Gasteiger partial charge in [-0.05, 0) is 31.7 Å². The summed E-state index contributed by atoms with van der Waals surface area (Å²) in [7, 11) is 0. The number of hydrogen-bond donors (Lipinski definition) is 2. The van der Waals surface area contributed by atoms with E-state index in [1.165, 1.54) is 6.07 Å². The highest BCUT2D eigenvalue weighted by atomic mass is 19.1. The predicted octanol–water partition coefficient (Wildman–Crippen LogP) is 2.39. The first-order chi connectivity index (χ1) is 10.0. The number of nitrogens with one attached hydrogen (secondary N) is 1. The van der Waals surface area contributed by atoms with Crippen molar-refractivity contribution in [2.45, 2.75) is 37.1 Å². The van der Waals surface area contributed by atoms with Crippen LogP contribution < -0.4 is 5.32 Å². The molecule has 0 aromatic heterocycles. The Kier molecular flexibility index (Phi) is 4.40. The molecule has 0 radical (unpaired) electrons. The minimum absolute atomic E-state index is 0.276. The monoisotopic (exact) mass is 291 g/mol. The highest BCUT2D eigenvalue weighted by Crippen LogP contribution is 2.49. The number of aliphatic carboxylic acids is 1. The van der Waals surface area contributed by atoms with Gasteiger partial charge in [-0.1, -0.05) is 24.3 Å². The van der Waals surface area contributed by atoms with Gasteiger partial charge in [-0.25, -0.2) is 9.18 Å². The van der Waals surface area contributed by atoms with Gasteiger partial charge in [0.1, 0.15) is 11.9 Å². The van der Waals surface area contributed by atoms with E-state index in [9.17, 15) is 14.0 Å². The maximum atomic E-state index is 13.9. The molecule has 21 heavy (non-hydrogen) atoms. The lowest BCUT2D eigenvalue weighted by molar-refractivity contribution is -0.142. The van der Waals surface area contributed by atoms with Crippen LogP contribution in [0.2, 0.25) is 0 Å². The standard InChI is InChI=1S/C16H18FNO3/c1-2-3-8-13(14(19)20)18-15(21)16(9-10-16)11-6-4-5-7-12(11)17/h2,4-7,13H,1,3,8-10H2,(H,18,21)(H,19,20). The van der Waals surface area contributed by atoms with Crippen LogP contribution >= 0.6 is 0 Å². The van der Waals surface area contributed by atoms with Crippen LogP contribution in [0, 0.1) is 5.82 Å². The summed E-state index contributed by atoms with van der Waals surface area (Å²) >= 11 is 0. The van der Waals surface area contributed by atoms with Crippen molar-refractivity contribution in [2.24, 2.45) is 0 Å². The number of halogens is 1. The number of carbonyl (C=O) groups is 2. The van der Waals surface area contributed by atoms with Crippen molar-refractivity contribution >= 4 is 11.9 Å². The Bertz CT molecular complexity index is 566. The number of benzene rings is 1. The normalized spacial score (nSPS) is 16.8. The van der Waals surface area contributed by atoms with Gasteiger partial charge in [0.15, 0.2) is 0 Å². The Labute approximate surface area is 122 Å². The zero-order chi connectivity index (χ0) is 15.5. The average Bonchev–Trinajstić information content (AvgIpc) is 3.25.